The van der Waals surface area contributed by atoms with Gasteiger partial charge < -0.3 is 10.6 Å². The number of amides is 1. The summed E-state index contributed by atoms with van der Waals surface area (Å²) in [5.74, 6) is -0.0387. The quantitative estimate of drug-likeness (QED) is 0.892. The Morgan fingerprint density at radius 2 is 1.83 bits per heavy atom. The Labute approximate surface area is 107 Å². The number of carbonyl (C=O) groups is 1. The maximum absolute atomic E-state index is 11.7. The predicted octanol–water partition coefficient (Wildman–Crippen LogP) is 1.80. The lowest BCUT2D eigenvalue weighted by Gasteiger charge is -2.16. The molecule has 1 unspecified atom stereocenters. The number of likely N-dealkylation sites (N-methyl/N-ethyl adjacent to an activating group) is 1. The van der Waals surface area contributed by atoms with E-state index in [9.17, 15) is 4.79 Å². The first-order valence-corrected chi connectivity index (χ1v) is 6.02. The second-order valence-corrected chi connectivity index (χ2v) is 4.72. The molecule has 0 bridgehead atoms. The van der Waals surface area contributed by atoms with Crippen LogP contribution in [0.4, 0.5) is 0 Å². The minimum Gasteiger partial charge on any atom is -0.347 e. The van der Waals surface area contributed by atoms with Crippen LogP contribution in [0.25, 0.3) is 10.8 Å². The van der Waals surface area contributed by atoms with Crippen LogP contribution in [0.3, 0.4) is 0 Å². The van der Waals surface area contributed by atoms with Gasteiger partial charge in [-0.1, -0.05) is 42.5 Å². The van der Waals surface area contributed by atoms with E-state index >= 15 is 0 Å². The van der Waals surface area contributed by atoms with Gasteiger partial charge in [0.25, 0.3) is 0 Å². The van der Waals surface area contributed by atoms with E-state index in [1.165, 1.54) is 15.7 Å². The molecule has 0 aliphatic rings. The summed E-state index contributed by atoms with van der Waals surface area (Å²) in [5.41, 5.74) is 7.00. The van der Waals surface area contributed by atoms with Crippen LogP contribution in [0.2, 0.25) is 0 Å². The van der Waals surface area contributed by atoms with Gasteiger partial charge >= 0.3 is 0 Å². The van der Waals surface area contributed by atoms with Gasteiger partial charge in [0.15, 0.2) is 0 Å². The van der Waals surface area contributed by atoms with Crippen LogP contribution in [0, 0.1) is 0 Å². The second-order valence-electron chi connectivity index (χ2n) is 4.72. The summed E-state index contributed by atoms with van der Waals surface area (Å²) in [6.07, 6.45) is 0.571. The van der Waals surface area contributed by atoms with E-state index < -0.39 is 6.04 Å². The van der Waals surface area contributed by atoms with Crippen molar-refractivity contribution in [2.45, 2.75) is 12.5 Å². The summed E-state index contributed by atoms with van der Waals surface area (Å²) in [6, 6.07) is 13.9. The molecule has 0 radical (unpaired) electrons. The summed E-state index contributed by atoms with van der Waals surface area (Å²) < 4.78 is 0. The molecular formula is C15H18N2O. The number of hydrogen-bond donors (Lipinski definition) is 1. The molecule has 1 amide bonds. The molecule has 2 aromatic rings. The molecule has 3 nitrogen and oxygen atoms in total. The Bertz CT molecular complexity index is 563. The van der Waals surface area contributed by atoms with Gasteiger partial charge in [-0.3, -0.25) is 4.79 Å². The van der Waals surface area contributed by atoms with Crippen LogP contribution in [0.15, 0.2) is 42.5 Å². The van der Waals surface area contributed by atoms with Gasteiger partial charge in [0.2, 0.25) is 5.91 Å². The second kappa shape index (κ2) is 5.19. The van der Waals surface area contributed by atoms with Gasteiger partial charge in [0.05, 0.1) is 6.04 Å². The summed E-state index contributed by atoms with van der Waals surface area (Å²) in [5, 5.41) is 2.38. The van der Waals surface area contributed by atoms with Crippen molar-refractivity contribution in [2.75, 3.05) is 14.1 Å². The normalized spacial score (nSPS) is 12.4. The lowest BCUT2D eigenvalue weighted by Crippen LogP contribution is -2.41. The van der Waals surface area contributed by atoms with Crippen molar-refractivity contribution in [3.05, 3.63) is 48.0 Å². The van der Waals surface area contributed by atoms with Crippen LogP contribution in [0.1, 0.15) is 5.56 Å². The maximum atomic E-state index is 11.7. The molecule has 0 spiro atoms. The van der Waals surface area contributed by atoms with E-state index in [0.717, 1.165) is 5.56 Å². The van der Waals surface area contributed by atoms with Crippen molar-refractivity contribution < 1.29 is 4.79 Å². The average Bonchev–Trinajstić information content (AvgIpc) is 2.37. The highest BCUT2D eigenvalue weighted by molar-refractivity contribution is 5.84. The van der Waals surface area contributed by atoms with E-state index in [2.05, 4.69) is 24.3 Å². The fourth-order valence-corrected chi connectivity index (χ4v) is 2.04. The largest absolute Gasteiger partial charge is 0.347 e. The molecule has 0 saturated heterocycles. The van der Waals surface area contributed by atoms with Gasteiger partial charge in [-0.15, -0.1) is 0 Å². The Kier molecular flexibility index (Phi) is 3.63. The van der Waals surface area contributed by atoms with Crippen molar-refractivity contribution in [1.82, 2.24) is 4.90 Å². The molecule has 2 rings (SSSR count). The summed E-state index contributed by atoms with van der Waals surface area (Å²) in [4.78, 5) is 13.2. The maximum Gasteiger partial charge on any atom is 0.239 e. The Hall–Kier alpha value is -1.87. The number of nitrogens with zero attached hydrogens (tertiary/aromatic N) is 1. The van der Waals surface area contributed by atoms with E-state index in [4.69, 9.17) is 5.73 Å². The fraction of sp³-hybridized carbons (Fsp3) is 0.267. The third kappa shape index (κ3) is 2.68. The number of benzene rings is 2. The highest BCUT2D eigenvalue weighted by Gasteiger charge is 2.15. The Morgan fingerprint density at radius 1 is 1.17 bits per heavy atom. The summed E-state index contributed by atoms with van der Waals surface area (Å²) in [7, 11) is 3.45. The van der Waals surface area contributed by atoms with Crippen LogP contribution in [0.5, 0.6) is 0 Å². The van der Waals surface area contributed by atoms with Crippen molar-refractivity contribution >= 4 is 16.7 Å². The molecule has 0 saturated carbocycles. The first kappa shape index (κ1) is 12.6. The minimum absolute atomic E-state index is 0.0387. The topological polar surface area (TPSA) is 46.3 Å². The van der Waals surface area contributed by atoms with Crippen molar-refractivity contribution in [3.8, 4) is 0 Å². The molecular weight excluding hydrogens is 224 g/mol. The molecule has 0 aromatic heterocycles. The number of nitrogens with two attached hydrogens (primary N) is 1. The molecule has 0 aliphatic heterocycles. The average molecular weight is 242 g/mol. The molecule has 3 heteroatoms. The highest BCUT2D eigenvalue weighted by atomic mass is 16.2. The first-order chi connectivity index (χ1) is 8.58. The third-order valence-corrected chi connectivity index (χ3v) is 3.03. The smallest absolute Gasteiger partial charge is 0.239 e. The van der Waals surface area contributed by atoms with Crippen LogP contribution in [-0.4, -0.2) is 30.9 Å². The van der Waals surface area contributed by atoms with Gasteiger partial charge in [-0.25, -0.2) is 0 Å². The number of fused-ring (bicyclic) bond motifs is 1. The fourth-order valence-electron chi connectivity index (χ4n) is 2.04. The zero-order chi connectivity index (χ0) is 13.1. The number of carbonyl (C=O) groups excluding carboxylic acids is 1. The van der Waals surface area contributed by atoms with E-state index in [1.54, 1.807) is 14.1 Å². The molecule has 2 N–H and O–H groups in total. The van der Waals surface area contributed by atoms with Crippen molar-refractivity contribution in [3.63, 3.8) is 0 Å². The van der Waals surface area contributed by atoms with Crippen molar-refractivity contribution in [2.24, 2.45) is 5.73 Å². The van der Waals surface area contributed by atoms with Crippen LogP contribution < -0.4 is 5.73 Å². The molecule has 94 valence electrons. The predicted molar refractivity (Wildman–Crippen MR) is 74.3 cm³/mol. The minimum atomic E-state index is -0.471. The standard InChI is InChI=1S/C15H18N2O/c1-17(2)15(18)14(16)10-11-7-8-12-5-3-4-6-13(12)9-11/h3-9,14H,10,16H2,1-2H3. The van der Waals surface area contributed by atoms with Gasteiger partial charge in [0, 0.05) is 14.1 Å². The van der Waals surface area contributed by atoms with Gasteiger partial charge in [-0.05, 0) is 22.8 Å². The van der Waals surface area contributed by atoms with Gasteiger partial charge in [0.1, 0.15) is 0 Å². The summed E-state index contributed by atoms with van der Waals surface area (Å²) >= 11 is 0. The first-order valence-electron chi connectivity index (χ1n) is 6.02. The number of rotatable bonds is 3. The van der Waals surface area contributed by atoms with Crippen LogP contribution >= 0.6 is 0 Å². The Balaban J connectivity index is 2.19. The van der Waals surface area contributed by atoms with Crippen LogP contribution in [-0.2, 0) is 11.2 Å². The van der Waals surface area contributed by atoms with Crippen molar-refractivity contribution in [1.29, 1.82) is 0 Å². The number of hydrogen-bond acceptors (Lipinski definition) is 2. The molecule has 1 atom stereocenters. The highest BCUT2D eigenvalue weighted by Crippen LogP contribution is 2.16. The van der Waals surface area contributed by atoms with E-state index in [1.807, 2.05) is 18.2 Å². The van der Waals surface area contributed by atoms with Gasteiger partial charge in [-0.2, -0.15) is 0 Å². The third-order valence-electron chi connectivity index (χ3n) is 3.03. The molecule has 18 heavy (non-hydrogen) atoms. The molecule has 0 fully saturated rings. The van der Waals surface area contributed by atoms with E-state index in [0.29, 0.717) is 6.42 Å². The lowest BCUT2D eigenvalue weighted by atomic mass is 10.0. The monoisotopic (exact) mass is 242 g/mol. The zero-order valence-electron chi connectivity index (χ0n) is 10.8. The summed E-state index contributed by atoms with van der Waals surface area (Å²) in [6.45, 7) is 0. The molecule has 0 aliphatic carbocycles. The lowest BCUT2D eigenvalue weighted by molar-refractivity contribution is -0.130. The molecule has 2 aromatic carbocycles. The Morgan fingerprint density at radius 3 is 2.50 bits per heavy atom. The van der Waals surface area contributed by atoms with E-state index in [-0.39, 0.29) is 5.91 Å². The SMILES string of the molecule is CN(C)C(=O)C(N)Cc1ccc2ccccc2c1. The molecule has 0 heterocycles. The zero-order valence-corrected chi connectivity index (χ0v) is 10.8.